The summed E-state index contributed by atoms with van der Waals surface area (Å²) in [6.07, 6.45) is 1.19. The van der Waals surface area contributed by atoms with Gasteiger partial charge in [-0.25, -0.2) is 4.39 Å². The van der Waals surface area contributed by atoms with Crippen molar-refractivity contribution in [3.05, 3.63) is 24.0 Å². The van der Waals surface area contributed by atoms with Gasteiger partial charge in [-0.05, 0) is 18.2 Å². The van der Waals surface area contributed by atoms with E-state index in [4.69, 9.17) is 0 Å². The van der Waals surface area contributed by atoms with Crippen molar-refractivity contribution >= 4 is 29.7 Å². The fourth-order valence-electron chi connectivity index (χ4n) is 1.12. The fourth-order valence-corrected chi connectivity index (χ4v) is 2.25. The van der Waals surface area contributed by atoms with Gasteiger partial charge in [0, 0.05) is 14.1 Å². The molecule has 4 nitrogen and oxygen atoms in total. The molecule has 7 heteroatoms. The molecule has 0 N–H and O–H groups in total. The molecule has 16 heavy (non-hydrogen) atoms. The molecule has 0 spiro atoms. The van der Waals surface area contributed by atoms with Crippen molar-refractivity contribution in [2.75, 3.05) is 14.1 Å². The van der Waals surface area contributed by atoms with Gasteiger partial charge in [0.15, 0.2) is 0 Å². The molecule has 0 aliphatic heterocycles. The molecule has 1 rings (SSSR count). The quantitative estimate of drug-likeness (QED) is 0.402. The van der Waals surface area contributed by atoms with E-state index in [1.165, 1.54) is 25.2 Å². The molecule has 0 heterocycles. The zero-order valence-corrected chi connectivity index (χ0v) is 10.1. The third kappa shape index (κ3) is 3.06. The smallest absolute Gasteiger partial charge is 0.283 e. The molecule has 86 valence electrons. The van der Waals surface area contributed by atoms with E-state index in [1.54, 1.807) is 14.1 Å². The van der Waals surface area contributed by atoms with Gasteiger partial charge in [-0.1, -0.05) is 5.46 Å². The maximum Gasteiger partial charge on any atom is 0.283 e. The molecule has 0 atom stereocenters. The molecule has 0 aliphatic carbocycles. The summed E-state index contributed by atoms with van der Waals surface area (Å²) in [5, 5.41) is 0. The number of rotatable bonds is 3. The van der Waals surface area contributed by atoms with Gasteiger partial charge in [0.05, 0.1) is 4.90 Å². The van der Waals surface area contributed by atoms with Crippen LogP contribution in [0, 0.1) is 5.82 Å². The number of benzene rings is 1. The highest BCUT2D eigenvalue weighted by Crippen LogP contribution is 2.09. The molecule has 0 unspecified atom stereocenters. The average Bonchev–Trinajstić information content (AvgIpc) is 2.14. The van der Waals surface area contributed by atoms with Crippen molar-refractivity contribution in [1.29, 1.82) is 0 Å². The van der Waals surface area contributed by atoms with Crippen LogP contribution in [0.4, 0.5) is 4.39 Å². The number of hydrogen-bond acceptors (Lipinski definition) is 2. The highest BCUT2D eigenvalue weighted by Gasteiger charge is 2.14. The normalized spacial score (nSPS) is 11.9. The van der Waals surface area contributed by atoms with E-state index in [2.05, 4.69) is 4.40 Å². The van der Waals surface area contributed by atoms with Crippen LogP contribution in [0.5, 0.6) is 0 Å². The molecule has 0 radical (unpaired) electrons. The third-order valence-electron chi connectivity index (χ3n) is 1.83. The van der Waals surface area contributed by atoms with Crippen molar-refractivity contribution in [3.8, 4) is 0 Å². The van der Waals surface area contributed by atoms with Gasteiger partial charge in [-0.3, -0.25) is 0 Å². The van der Waals surface area contributed by atoms with E-state index in [1.807, 2.05) is 0 Å². The van der Waals surface area contributed by atoms with Crippen LogP contribution >= 0.6 is 0 Å². The van der Waals surface area contributed by atoms with Gasteiger partial charge in [0.2, 0.25) is 0 Å². The molecule has 0 aliphatic rings. The van der Waals surface area contributed by atoms with Crippen LogP contribution in [0.2, 0.25) is 0 Å². The number of nitrogens with zero attached hydrogens (tertiary/aromatic N) is 2. The standard InChI is InChI=1S/C9H12BFN2O2S/c1-13(2)6-12-16(14,15)9-4-3-7(11)5-8(9)10/h3-6H,10H2,1-2H3/b12-6+. The Bertz CT molecular complexity index is 514. The second kappa shape index (κ2) is 4.65. The lowest BCUT2D eigenvalue weighted by atomic mass is 9.96. The summed E-state index contributed by atoms with van der Waals surface area (Å²) in [5.74, 6) is -0.465. The third-order valence-corrected chi connectivity index (χ3v) is 3.22. The fraction of sp³-hybridized carbons (Fsp3) is 0.222. The first-order valence-electron chi connectivity index (χ1n) is 4.56. The largest absolute Gasteiger partial charge is 0.368 e. The summed E-state index contributed by atoms with van der Waals surface area (Å²) in [7, 11) is 1.11. The molecule has 0 saturated heterocycles. The summed E-state index contributed by atoms with van der Waals surface area (Å²) >= 11 is 0. The Hall–Kier alpha value is -1.37. The highest BCUT2D eigenvalue weighted by atomic mass is 32.2. The Labute approximate surface area is 95.3 Å². The van der Waals surface area contributed by atoms with Gasteiger partial charge >= 0.3 is 0 Å². The van der Waals surface area contributed by atoms with Gasteiger partial charge in [0.25, 0.3) is 10.0 Å². The number of hydrogen-bond donors (Lipinski definition) is 0. The molecule has 1 aromatic carbocycles. The van der Waals surface area contributed by atoms with Gasteiger partial charge in [0.1, 0.15) is 20.0 Å². The zero-order chi connectivity index (χ0) is 12.3. The van der Waals surface area contributed by atoms with Crippen LogP contribution in [-0.4, -0.2) is 41.6 Å². The SMILES string of the molecule is Bc1cc(F)ccc1S(=O)(=O)/N=C/N(C)C. The zero-order valence-electron chi connectivity index (χ0n) is 9.31. The first-order chi connectivity index (χ1) is 7.33. The molecular weight excluding hydrogens is 230 g/mol. The van der Waals surface area contributed by atoms with Gasteiger partial charge in [-0.15, -0.1) is 4.40 Å². The van der Waals surface area contributed by atoms with Crippen LogP contribution in [0.15, 0.2) is 27.5 Å². The van der Waals surface area contributed by atoms with Gasteiger partial charge < -0.3 is 4.90 Å². The lowest BCUT2D eigenvalue weighted by molar-refractivity contribution is 0.594. The summed E-state index contributed by atoms with van der Waals surface area (Å²) in [4.78, 5) is 1.53. The van der Waals surface area contributed by atoms with E-state index < -0.39 is 15.8 Å². The van der Waals surface area contributed by atoms with E-state index in [9.17, 15) is 12.8 Å². The Morgan fingerprint density at radius 1 is 1.44 bits per heavy atom. The summed E-state index contributed by atoms with van der Waals surface area (Å²) in [6.45, 7) is 0. The van der Waals surface area contributed by atoms with Crippen molar-refractivity contribution in [3.63, 3.8) is 0 Å². The summed E-state index contributed by atoms with van der Waals surface area (Å²) in [5.41, 5.74) is 0.343. The van der Waals surface area contributed by atoms with Gasteiger partial charge in [-0.2, -0.15) is 8.42 Å². The lowest BCUT2D eigenvalue weighted by Crippen LogP contribution is -2.16. The Morgan fingerprint density at radius 2 is 2.06 bits per heavy atom. The van der Waals surface area contributed by atoms with E-state index >= 15 is 0 Å². The van der Waals surface area contributed by atoms with Crippen molar-refractivity contribution in [1.82, 2.24) is 4.90 Å². The minimum absolute atomic E-state index is 0.0204. The van der Waals surface area contributed by atoms with E-state index in [0.717, 1.165) is 12.1 Å². The molecule has 0 aromatic heterocycles. The van der Waals surface area contributed by atoms with E-state index in [-0.39, 0.29) is 4.90 Å². The Morgan fingerprint density at radius 3 is 2.56 bits per heavy atom. The van der Waals surface area contributed by atoms with Crippen molar-refractivity contribution < 1.29 is 12.8 Å². The molecule has 0 bridgehead atoms. The molecule has 0 fully saturated rings. The second-order valence-electron chi connectivity index (χ2n) is 3.57. The van der Waals surface area contributed by atoms with Crippen molar-refractivity contribution in [2.45, 2.75) is 4.90 Å². The molecule has 0 amide bonds. The highest BCUT2D eigenvalue weighted by molar-refractivity contribution is 7.90. The second-order valence-corrected chi connectivity index (χ2v) is 5.17. The Kier molecular flexibility index (Phi) is 3.69. The Balaban J connectivity index is 3.18. The topological polar surface area (TPSA) is 49.7 Å². The predicted octanol–water partition coefficient (Wildman–Crippen LogP) is -0.637. The first-order valence-corrected chi connectivity index (χ1v) is 6.00. The lowest BCUT2D eigenvalue weighted by Gasteiger charge is -2.05. The maximum absolute atomic E-state index is 12.8. The molecule has 1 aromatic rings. The minimum atomic E-state index is -3.74. The predicted molar refractivity (Wildman–Crippen MR) is 63.9 cm³/mol. The van der Waals surface area contributed by atoms with Crippen molar-refractivity contribution in [2.24, 2.45) is 4.40 Å². The number of halogens is 1. The first kappa shape index (κ1) is 12.7. The molecular formula is C9H12BFN2O2S. The maximum atomic E-state index is 12.8. The van der Waals surface area contributed by atoms with E-state index in [0.29, 0.717) is 5.46 Å². The summed E-state index contributed by atoms with van der Waals surface area (Å²) < 4.78 is 39.7. The van der Waals surface area contributed by atoms with Crippen LogP contribution < -0.4 is 5.46 Å². The van der Waals surface area contributed by atoms with Crippen LogP contribution in [0.3, 0.4) is 0 Å². The average molecular weight is 242 g/mol. The van der Waals surface area contributed by atoms with Crippen LogP contribution in [0.1, 0.15) is 0 Å². The monoisotopic (exact) mass is 242 g/mol. The molecule has 0 saturated carbocycles. The van der Waals surface area contributed by atoms with Crippen LogP contribution in [0.25, 0.3) is 0 Å². The van der Waals surface area contributed by atoms with Crippen LogP contribution in [-0.2, 0) is 10.0 Å². The number of sulfonamides is 1. The minimum Gasteiger partial charge on any atom is -0.368 e. The summed E-state index contributed by atoms with van der Waals surface area (Å²) in [6, 6.07) is 3.48.